The molecule has 0 bridgehead atoms. The van der Waals surface area contributed by atoms with E-state index in [0.29, 0.717) is 5.69 Å². The lowest BCUT2D eigenvalue weighted by atomic mass is 10.1. The van der Waals surface area contributed by atoms with Gasteiger partial charge in [0.05, 0.1) is 6.54 Å². The highest BCUT2D eigenvalue weighted by molar-refractivity contribution is 7.10. The maximum Gasteiger partial charge on any atom is 0.260 e. The Morgan fingerprint density at radius 3 is 2.80 bits per heavy atom. The van der Waals surface area contributed by atoms with Crippen LogP contribution in [-0.2, 0) is 5.60 Å². The van der Waals surface area contributed by atoms with Gasteiger partial charge in [-0.05, 0) is 37.4 Å². The molecule has 1 unspecified atom stereocenters. The molecule has 20 heavy (non-hydrogen) atoms. The highest BCUT2D eigenvalue weighted by Crippen LogP contribution is 2.24. The summed E-state index contributed by atoms with van der Waals surface area (Å²) in [6.45, 7) is 3.41. The molecule has 3 N–H and O–H groups in total. The van der Waals surface area contributed by atoms with Crippen molar-refractivity contribution in [3.05, 3.63) is 56.1 Å². The molecule has 1 amide bonds. The SMILES string of the molecule is Cc1ccc(C(=O)NCC(C)(O)c2cccs2)c(=O)[nH]1. The highest BCUT2D eigenvalue weighted by atomic mass is 32.1. The summed E-state index contributed by atoms with van der Waals surface area (Å²) in [5, 5.41) is 14.7. The number of nitrogens with one attached hydrogen (secondary N) is 2. The van der Waals surface area contributed by atoms with Gasteiger partial charge in [0.2, 0.25) is 0 Å². The molecular weight excluding hydrogens is 276 g/mol. The molecule has 2 heterocycles. The molecule has 5 nitrogen and oxygen atoms in total. The van der Waals surface area contributed by atoms with Crippen LogP contribution >= 0.6 is 11.3 Å². The Labute approximate surface area is 120 Å². The summed E-state index contributed by atoms with van der Waals surface area (Å²) in [6, 6.07) is 6.77. The van der Waals surface area contributed by atoms with Gasteiger partial charge in [0.15, 0.2) is 0 Å². The number of carbonyl (C=O) groups excluding carboxylic acids is 1. The van der Waals surface area contributed by atoms with Crippen molar-refractivity contribution in [2.24, 2.45) is 0 Å². The fraction of sp³-hybridized carbons (Fsp3) is 0.286. The lowest BCUT2D eigenvalue weighted by Crippen LogP contribution is -2.39. The van der Waals surface area contributed by atoms with Gasteiger partial charge in [0.25, 0.3) is 11.5 Å². The quantitative estimate of drug-likeness (QED) is 0.796. The molecule has 0 aliphatic heterocycles. The number of aromatic amines is 1. The fourth-order valence-electron chi connectivity index (χ4n) is 1.77. The Kier molecular flexibility index (Phi) is 4.06. The predicted molar refractivity (Wildman–Crippen MR) is 78.0 cm³/mol. The highest BCUT2D eigenvalue weighted by Gasteiger charge is 2.25. The number of H-pyrrole nitrogens is 1. The molecule has 0 aromatic carbocycles. The molecule has 0 saturated carbocycles. The Hall–Kier alpha value is -1.92. The van der Waals surface area contributed by atoms with Crippen LogP contribution in [0.4, 0.5) is 0 Å². The molecule has 1 atom stereocenters. The van der Waals surface area contributed by atoms with E-state index in [4.69, 9.17) is 0 Å². The number of aryl methyl sites for hydroxylation is 1. The second kappa shape index (κ2) is 5.60. The van der Waals surface area contributed by atoms with E-state index in [0.717, 1.165) is 4.88 Å². The van der Waals surface area contributed by atoms with E-state index in [9.17, 15) is 14.7 Å². The van der Waals surface area contributed by atoms with Gasteiger partial charge in [-0.25, -0.2) is 0 Å². The van der Waals surface area contributed by atoms with Crippen molar-refractivity contribution in [3.8, 4) is 0 Å². The summed E-state index contributed by atoms with van der Waals surface area (Å²) in [7, 11) is 0. The van der Waals surface area contributed by atoms with E-state index in [1.165, 1.54) is 17.4 Å². The first-order chi connectivity index (χ1) is 9.40. The number of amides is 1. The van der Waals surface area contributed by atoms with Gasteiger partial charge in [-0.15, -0.1) is 11.3 Å². The topological polar surface area (TPSA) is 82.2 Å². The maximum absolute atomic E-state index is 12.0. The van der Waals surface area contributed by atoms with Gasteiger partial charge in [-0.1, -0.05) is 6.07 Å². The van der Waals surface area contributed by atoms with Crippen LogP contribution in [0, 0.1) is 6.92 Å². The first-order valence-electron chi connectivity index (χ1n) is 6.14. The molecule has 0 aliphatic rings. The average molecular weight is 292 g/mol. The Bertz CT molecular complexity index is 659. The fourth-order valence-corrected chi connectivity index (χ4v) is 2.56. The van der Waals surface area contributed by atoms with Crippen molar-refractivity contribution >= 4 is 17.2 Å². The summed E-state index contributed by atoms with van der Waals surface area (Å²) in [4.78, 5) is 26.9. The van der Waals surface area contributed by atoms with Crippen LogP contribution in [0.5, 0.6) is 0 Å². The van der Waals surface area contributed by atoms with Crippen LogP contribution in [0.2, 0.25) is 0 Å². The van der Waals surface area contributed by atoms with Crippen LogP contribution in [0.25, 0.3) is 0 Å². The summed E-state index contributed by atoms with van der Waals surface area (Å²) in [5.41, 5.74) is -0.852. The molecule has 0 fully saturated rings. The number of aromatic nitrogens is 1. The molecule has 6 heteroatoms. The maximum atomic E-state index is 12.0. The van der Waals surface area contributed by atoms with E-state index >= 15 is 0 Å². The van der Waals surface area contributed by atoms with Gasteiger partial charge in [0, 0.05) is 10.6 Å². The lowest BCUT2D eigenvalue weighted by Gasteiger charge is -2.22. The van der Waals surface area contributed by atoms with Gasteiger partial charge in [-0.3, -0.25) is 9.59 Å². The van der Waals surface area contributed by atoms with E-state index in [1.54, 1.807) is 26.0 Å². The van der Waals surface area contributed by atoms with Crippen LogP contribution in [-0.4, -0.2) is 22.5 Å². The van der Waals surface area contributed by atoms with Crippen molar-refractivity contribution in [2.45, 2.75) is 19.4 Å². The molecule has 106 valence electrons. The molecule has 0 spiro atoms. The molecule has 2 aromatic heterocycles. The first-order valence-corrected chi connectivity index (χ1v) is 7.02. The van der Waals surface area contributed by atoms with Crippen molar-refractivity contribution in [1.82, 2.24) is 10.3 Å². The molecule has 2 aromatic rings. The second-order valence-corrected chi connectivity index (χ2v) is 5.77. The Morgan fingerprint density at radius 1 is 1.45 bits per heavy atom. The molecule has 0 aliphatic carbocycles. The van der Waals surface area contributed by atoms with Crippen LogP contribution in [0.15, 0.2) is 34.4 Å². The van der Waals surface area contributed by atoms with E-state index < -0.39 is 17.1 Å². The third-order valence-electron chi connectivity index (χ3n) is 2.95. The number of rotatable bonds is 4. The van der Waals surface area contributed by atoms with Gasteiger partial charge < -0.3 is 15.4 Å². The van der Waals surface area contributed by atoms with E-state index in [2.05, 4.69) is 10.3 Å². The molecule has 0 saturated heterocycles. The number of hydrogen-bond donors (Lipinski definition) is 3. The third-order valence-corrected chi connectivity index (χ3v) is 4.07. The summed E-state index contributed by atoms with van der Waals surface area (Å²) >= 11 is 1.41. The Morgan fingerprint density at radius 2 is 2.20 bits per heavy atom. The van der Waals surface area contributed by atoms with Crippen molar-refractivity contribution in [3.63, 3.8) is 0 Å². The number of thiophene rings is 1. The van der Waals surface area contributed by atoms with Crippen molar-refractivity contribution < 1.29 is 9.90 Å². The minimum Gasteiger partial charge on any atom is -0.383 e. The zero-order chi connectivity index (χ0) is 14.8. The third kappa shape index (κ3) is 3.15. The number of hydrogen-bond acceptors (Lipinski definition) is 4. The van der Waals surface area contributed by atoms with Crippen LogP contribution < -0.4 is 10.9 Å². The van der Waals surface area contributed by atoms with Gasteiger partial charge in [0.1, 0.15) is 11.2 Å². The zero-order valence-electron chi connectivity index (χ0n) is 11.3. The molecular formula is C14H16N2O3S. The average Bonchev–Trinajstić information content (AvgIpc) is 2.90. The summed E-state index contributed by atoms with van der Waals surface area (Å²) in [6.07, 6.45) is 0. The minimum absolute atomic E-state index is 0.0394. The molecule has 2 rings (SSSR count). The zero-order valence-corrected chi connectivity index (χ0v) is 12.1. The summed E-state index contributed by atoms with van der Waals surface area (Å²) < 4.78 is 0. The van der Waals surface area contributed by atoms with Crippen molar-refractivity contribution in [2.75, 3.05) is 6.54 Å². The lowest BCUT2D eigenvalue weighted by molar-refractivity contribution is 0.0556. The number of aliphatic hydroxyl groups is 1. The monoisotopic (exact) mass is 292 g/mol. The van der Waals surface area contributed by atoms with Gasteiger partial charge >= 0.3 is 0 Å². The predicted octanol–water partition coefficient (Wildman–Crippen LogP) is 1.38. The summed E-state index contributed by atoms with van der Waals surface area (Å²) in [5.74, 6) is -0.497. The van der Waals surface area contributed by atoms with Crippen LogP contribution in [0.3, 0.4) is 0 Å². The van der Waals surface area contributed by atoms with E-state index in [-0.39, 0.29) is 12.1 Å². The Balaban J connectivity index is 2.07. The van der Waals surface area contributed by atoms with E-state index in [1.807, 2.05) is 11.4 Å². The number of pyridine rings is 1. The van der Waals surface area contributed by atoms with Crippen molar-refractivity contribution in [1.29, 1.82) is 0 Å². The van der Waals surface area contributed by atoms with Gasteiger partial charge in [-0.2, -0.15) is 0 Å². The molecule has 0 radical (unpaired) electrons. The standard InChI is InChI=1S/C14H16N2O3S/c1-9-5-6-10(13(18)16-9)12(17)15-8-14(2,19)11-4-3-7-20-11/h3-7,19H,8H2,1-2H3,(H,15,17)(H,16,18). The first kappa shape index (κ1) is 14.5. The van der Waals surface area contributed by atoms with Crippen LogP contribution in [0.1, 0.15) is 27.9 Å². The smallest absolute Gasteiger partial charge is 0.260 e. The number of carbonyl (C=O) groups is 1. The second-order valence-electron chi connectivity index (χ2n) is 4.82. The normalized spacial score (nSPS) is 13.8. The largest absolute Gasteiger partial charge is 0.383 e. The minimum atomic E-state index is -1.15.